The van der Waals surface area contributed by atoms with Crippen molar-refractivity contribution in [2.45, 2.75) is 31.2 Å². The van der Waals surface area contributed by atoms with Gasteiger partial charge in [-0.25, -0.2) is 0 Å². The molecule has 0 spiro atoms. The Morgan fingerprint density at radius 1 is 1.29 bits per heavy atom. The summed E-state index contributed by atoms with van der Waals surface area (Å²) in [5.74, 6) is -0.0419. The van der Waals surface area contributed by atoms with Crippen LogP contribution in [0.1, 0.15) is 22.8 Å². The number of aliphatic hydroxyl groups excluding tert-OH is 1. The number of phenolic OH excluding ortho intramolecular Hbond substituents is 1. The van der Waals surface area contributed by atoms with Gasteiger partial charge in [0.1, 0.15) is 5.75 Å². The van der Waals surface area contributed by atoms with Crippen molar-refractivity contribution in [3.63, 3.8) is 0 Å². The molecule has 0 radical (unpaired) electrons. The molecule has 2 aromatic rings. The summed E-state index contributed by atoms with van der Waals surface area (Å²) in [6.45, 7) is 0.525. The van der Waals surface area contributed by atoms with Crippen LogP contribution in [-0.4, -0.2) is 39.7 Å². The molecule has 0 unspecified atom stereocenters. The predicted octanol–water partition coefficient (Wildman–Crippen LogP) is 0.492. The monoisotopic (exact) mass is 386 g/mol. The molecular formula is C19H22N4O5. The van der Waals surface area contributed by atoms with E-state index in [0.717, 1.165) is 11.1 Å². The summed E-state index contributed by atoms with van der Waals surface area (Å²) < 4.78 is 0. The average molecular weight is 386 g/mol. The van der Waals surface area contributed by atoms with Gasteiger partial charge < -0.3 is 26.6 Å². The molecule has 9 nitrogen and oxygen atoms in total. The van der Waals surface area contributed by atoms with E-state index < -0.39 is 23.1 Å². The molecule has 28 heavy (non-hydrogen) atoms. The maximum atomic E-state index is 12.4. The first-order valence-corrected chi connectivity index (χ1v) is 8.85. The van der Waals surface area contributed by atoms with Gasteiger partial charge in [-0.05, 0) is 47.4 Å². The minimum absolute atomic E-state index is 0.0532. The number of nitrogens with two attached hydrogens (primary N) is 1. The number of carbonyl (C=O) groups is 1. The highest BCUT2D eigenvalue weighted by atomic mass is 16.6. The molecule has 0 aliphatic carbocycles. The predicted molar refractivity (Wildman–Crippen MR) is 101 cm³/mol. The first kappa shape index (κ1) is 19.7. The van der Waals surface area contributed by atoms with Gasteiger partial charge in [0.15, 0.2) is 0 Å². The number of fused-ring (bicyclic) bond motifs is 1. The van der Waals surface area contributed by atoms with Crippen LogP contribution in [0.15, 0.2) is 42.5 Å². The number of phenols is 1. The van der Waals surface area contributed by atoms with Crippen molar-refractivity contribution in [3.05, 3.63) is 69.3 Å². The van der Waals surface area contributed by atoms with Crippen LogP contribution in [0.2, 0.25) is 0 Å². The summed E-state index contributed by atoms with van der Waals surface area (Å²) in [5.41, 5.74) is 8.28. The third-order valence-electron chi connectivity index (χ3n) is 4.83. The molecule has 0 bridgehead atoms. The highest BCUT2D eigenvalue weighted by molar-refractivity contribution is 5.82. The summed E-state index contributed by atoms with van der Waals surface area (Å²) in [7, 11) is 0. The van der Waals surface area contributed by atoms with Crippen LogP contribution in [0.3, 0.4) is 0 Å². The van der Waals surface area contributed by atoms with Gasteiger partial charge in [-0.1, -0.05) is 6.07 Å². The largest absolute Gasteiger partial charge is 0.508 e. The lowest BCUT2D eigenvalue weighted by Crippen LogP contribution is -2.50. The fourth-order valence-electron chi connectivity index (χ4n) is 3.18. The fraction of sp³-hybridized carbons (Fsp3) is 0.316. The fourth-order valence-corrected chi connectivity index (χ4v) is 3.18. The number of non-ortho nitro benzene ring substituents is 1. The van der Waals surface area contributed by atoms with Crippen molar-refractivity contribution >= 4 is 11.6 Å². The van der Waals surface area contributed by atoms with Crippen molar-refractivity contribution < 1.29 is 19.9 Å². The van der Waals surface area contributed by atoms with E-state index in [4.69, 9.17) is 5.73 Å². The number of benzene rings is 2. The second-order valence-electron chi connectivity index (χ2n) is 6.79. The maximum absolute atomic E-state index is 12.4. The van der Waals surface area contributed by atoms with Gasteiger partial charge >= 0.3 is 0 Å². The van der Waals surface area contributed by atoms with Crippen LogP contribution in [0.5, 0.6) is 5.75 Å². The Hall–Kier alpha value is -3.01. The van der Waals surface area contributed by atoms with Gasteiger partial charge in [0.2, 0.25) is 5.91 Å². The number of nitro groups is 1. The summed E-state index contributed by atoms with van der Waals surface area (Å²) in [6, 6.07) is 9.35. The number of hydrogen-bond donors (Lipinski definition) is 5. The van der Waals surface area contributed by atoms with Crippen LogP contribution in [0, 0.1) is 10.1 Å². The first-order valence-electron chi connectivity index (χ1n) is 8.85. The molecule has 1 amide bonds. The summed E-state index contributed by atoms with van der Waals surface area (Å²) in [4.78, 5) is 22.6. The van der Waals surface area contributed by atoms with E-state index >= 15 is 0 Å². The Morgan fingerprint density at radius 3 is 2.68 bits per heavy atom. The average Bonchev–Trinajstić information content (AvgIpc) is 2.70. The van der Waals surface area contributed by atoms with E-state index in [2.05, 4.69) is 10.6 Å². The molecule has 1 aliphatic rings. The smallest absolute Gasteiger partial charge is 0.269 e. The van der Waals surface area contributed by atoms with Gasteiger partial charge in [0.05, 0.1) is 23.1 Å². The molecule has 3 atom stereocenters. The van der Waals surface area contributed by atoms with Crippen LogP contribution in [0.4, 0.5) is 5.69 Å². The number of nitrogens with one attached hydrogen (secondary N) is 2. The Bertz CT molecular complexity index is 871. The normalized spacial score (nSPS) is 18.0. The highest BCUT2D eigenvalue weighted by Gasteiger charge is 2.25. The molecule has 1 heterocycles. The lowest BCUT2D eigenvalue weighted by Gasteiger charge is -2.26. The zero-order chi connectivity index (χ0) is 20.3. The number of aliphatic hydroxyl groups is 1. The third-order valence-corrected chi connectivity index (χ3v) is 4.83. The first-order chi connectivity index (χ1) is 13.3. The quantitative estimate of drug-likeness (QED) is 0.358. The lowest BCUT2D eigenvalue weighted by atomic mass is 9.95. The maximum Gasteiger partial charge on any atom is 0.269 e. The van der Waals surface area contributed by atoms with E-state index in [1.165, 1.54) is 24.3 Å². The van der Waals surface area contributed by atoms with E-state index in [9.17, 15) is 25.1 Å². The standard InChI is InChI=1S/C19H22N4O5/c20-16(18(25)11-1-4-14(5-2-11)23(27)28)10-22-19(26)17-8-12-3-6-15(24)7-13(12)9-21-17/h1-7,16-18,21,24-25H,8-10,20H2,(H,22,26)/t16-,17-,18-/m0/s1. The molecule has 0 saturated carbocycles. The molecule has 9 heteroatoms. The molecule has 6 N–H and O–H groups in total. The van der Waals surface area contributed by atoms with E-state index in [0.29, 0.717) is 18.5 Å². The van der Waals surface area contributed by atoms with Gasteiger partial charge in [0.25, 0.3) is 5.69 Å². The van der Waals surface area contributed by atoms with Crippen molar-refractivity contribution in [3.8, 4) is 5.75 Å². The van der Waals surface area contributed by atoms with Gasteiger partial charge in [-0.15, -0.1) is 0 Å². The Kier molecular flexibility index (Phi) is 5.88. The molecule has 0 saturated heterocycles. The van der Waals surface area contributed by atoms with Crippen molar-refractivity contribution in [1.82, 2.24) is 10.6 Å². The Labute approximate surface area is 161 Å². The SMILES string of the molecule is N[C@@H](CNC(=O)[C@@H]1Cc2ccc(O)cc2CN1)[C@@H](O)c1ccc([N+](=O)[O-])cc1. The number of aromatic hydroxyl groups is 1. The summed E-state index contributed by atoms with van der Waals surface area (Å²) in [6.07, 6.45) is -0.578. The van der Waals surface area contributed by atoms with E-state index in [-0.39, 0.29) is 23.9 Å². The molecule has 1 aliphatic heterocycles. The molecule has 0 fully saturated rings. The van der Waals surface area contributed by atoms with Crippen LogP contribution < -0.4 is 16.4 Å². The number of amides is 1. The molecule has 148 valence electrons. The third kappa shape index (κ3) is 4.45. The number of nitro benzene ring substituents is 1. The topological polar surface area (TPSA) is 151 Å². The molecule has 2 aromatic carbocycles. The minimum Gasteiger partial charge on any atom is -0.508 e. The summed E-state index contributed by atoms with van der Waals surface area (Å²) >= 11 is 0. The van der Waals surface area contributed by atoms with Gasteiger partial charge in [-0.3, -0.25) is 14.9 Å². The van der Waals surface area contributed by atoms with E-state index in [1.54, 1.807) is 18.2 Å². The number of hydrogen-bond acceptors (Lipinski definition) is 7. The number of carbonyl (C=O) groups excluding carboxylic acids is 1. The van der Waals surface area contributed by atoms with Gasteiger partial charge in [0, 0.05) is 25.2 Å². The van der Waals surface area contributed by atoms with E-state index in [1.807, 2.05) is 0 Å². The zero-order valence-electron chi connectivity index (χ0n) is 15.0. The molecular weight excluding hydrogens is 364 g/mol. The zero-order valence-corrected chi connectivity index (χ0v) is 15.0. The van der Waals surface area contributed by atoms with Crippen molar-refractivity contribution in [1.29, 1.82) is 0 Å². The number of nitrogens with zero attached hydrogens (tertiary/aromatic N) is 1. The second-order valence-corrected chi connectivity index (χ2v) is 6.79. The van der Waals surface area contributed by atoms with Crippen molar-refractivity contribution in [2.75, 3.05) is 6.54 Å². The number of rotatable bonds is 6. The second kappa shape index (κ2) is 8.34. The molecule has 0 aromatic heterocycles. The molecule has 3 rings (SSSR count). The Balaban J connectivity index is 1.53. The summed E-state index contributed by atoms with van der Waals surface area (Å²) in [5, 5.41) is 36.4. The highest BCUT2D eigenvalue weighted by Crippen LogP contribution is 2.22. The lowest BCUT2D eigenvalue weighted by molar-refractivity contribution is -0.384. The van der Waals surface area contributed by atoms with Gasteiger partial charge in [-0.2, -0.15) is 0 Å². The van der Waals surface area contributed by atoms with Crippen molar-refractivity contribution in [2.24, 2.45) is 5.73 Å². The van der Waals surface area contributed by atoms with Crippen LogP contribution in [-0.2, 0) is 17.8 Å². The Morgan fingerprint density at radius 2 is 2.00 bits per heavy atom. The van der Waals surface area contributed by atoms with Crippen LogP contribution >= 0.6 is 0 Å². The van der Waals surface area contributed by atoms with Crippen LogP contribution in [0.25, 0.3) is 0 Å². The minimum atomic E-state index is -1.07.